The molecule has 140 valence electrons. The first-order valence-corrected chi connectivity index (χ1v) is 8.96. The first-order chi connectivity index (χ1) is 12.4. The van der Waals surface area contributed by atoms with E-state index in [9.17, 15) is 9.59 Å². The van der Waals surface area contributed by atoms with Gasteiger partial charge in [0.2, 0.25) is 5.91 Å². The van der Waals surface area contributed by atoms with Crippen LogP contribution in [-0.2, 0) is 37.9 Å². The number of carbonyl (C=O) groups excluding carboxylic acids is 1. The Morgan fingerprint density at radius 2 is 1.85 bits per heavy atom. The lowest BCUT2D eigenvalue weighted by atomic mass is 9.97. The molecule has 3 rings (SSSR count). The van der Waals surface area contributed by atoms with Gasteiger partial charge in [-0.25, -0.2) is 9.48 Å². The molecule has 0 spiro atoms. The van der Waals surface area contributed by atoms with Crippen LogP contribution in [0.3, 0.4) is 0 Å². The van der Waals surface area contributed by atoms with Crippen molar-refractivity contribution in [2.45, 2.75) is 32.5 Å². The highest BCUT2D eigenvalue weighted by atomic mass is 16.2. The Morgan fingerprint density at radius 1 is 1.19 bits per heavy atom. The quantitative estimate of drug-likeness (QED) is 0.796. The van der Waals surface area contributed by atoms with E-state index in [0.717, 1.165) is 24.4 Å². The van der Waals surface area contributed by atoms with E-state index in [2.05, 4.69) is 22.1 Å². The van der Waals surface area contributed by atoms with Gasteiger partial charge in [-0.15, -0.1) is 0 Å². The van der Waals surface area contributed by atoms with Crippen LogP contribution in [0, 0.1) is 5.92 Å². The first-order valence-electron chi connectivity index (χ1n) is 8.96. The number of nitrogens with zero attached hydrogens (tertiary/aromatic N) is 5. The second-order valence-corrected chi connectivity index (χ2v) is 7.37. The van der Waals surface area contributed by atoms with E-state index in [0.29, 0.717) is 19.5 Å². The van der Waals surface area contributed by atoms with Crippen LogP contribution in [0.2, 0.25) is 0 Å². The fourth-order valence-corrected chi connectivity index (χ4v) is 3.59. The fourth-order valence-electron chi connectivity index (χ4n) is 3.59. The number of amides is 1. The van der Waals surface area contributed by atoms with E-state index < -0.39 is 0 Å². The zero-order valence-electron chi connectivity index (χ0n) is 16.0. The summed E-state index contributed by atoms with van der Waals surface area (Å²) in [4.78, 5) is 29.0. The minimum atomic E-state index is -0.171. The zero-order chi connectivity index (χ0) is 18.8. The van der Waals surface area contributed by atoms with Gasteiger partial charge in [0.15, 0.2) is 0 Å². The number of fused-ring (bicyclic) bond motifs is 1. The van der Waals surface area contributed by atoms with Crippen molar-refractivity contribution in [2.24, 2.45) is 13.0 Å². The van der Waals surface area contributed by atoms with Crippen LogP contribution in [0.4, 0.5) is 0 Å². The van der Waals surface area contributed by atoms with Crippen LogP contribution >= 0.6 is 0 Å². The summed E-state index contributed by atoms with van der Waals surface area (Å²) in [5, 5.41) is 4.23. The maximum Gasteiger partial charge on any atom is 0.345 e. The molecule has 1 aliphatic heterocycles. The SMILES string of the molecule is CN(C)Cc1ccccc1CN(C)C(=O)C1CCc2nn(C)c(=O)n2C1. The van der Waals surface area contributed by atoms with E-state index in [-0.39, 0.29) is 17.5 Å². The second kappa shape index (κ2) is 7.45. The molecule has 0 aliphatic carbocycles. The van der Waals surface area contributed by atoms with Gasteiger partial charge in [-0.05, 0) is 31.6 Å². The van der Waals surface area contributed by atoms with Gasteiger partial charge in [-0.2, -0.15) is 5.10 Å². The predicted octanol–water partition coefficient (Wildman–Crippen LogP) is 0.864. The van der Waals surface area contributed by atoms with Crippen molar-refractivity contribution in [3.8, 4) is 0 Å². The van der Waals surface area contributed by atoms with Gasteiger partial charge in [0.05, 0.1) is 5.92 Å². The molecule has 0 radical (unpaired) electrons. The number of aromatic nitrogens is 3. The van der Waals surface area contributed by atoms with E-state index in [1.807, 2.05) is 33.3 Å². The van der Waals surface area contributed by atoms with E-state index in [1.54, 1.807) is 16.5 Å². The zero-order valence-corrected chi connectivity index (χ0v) is 16.0. The van der Waals surface area contributed by atoms with E-state index in [4.69, 9.17) is 0 Å². The molecule has 0 saturated heterocycles. The number of carbonyl (C=O) groups is 1. The molecule has 2 aromatic rings. The molecule has 1 unspecified atom stereocenters. The van der Waals surface area contributed by atoms with Crippen molar-refractivity contribution in [2.75, 3.05) is 21.1 Å². The molecule has 0 saturated carbocycles. The van der Waals surface area contributed by atoms with Crippen LogP contribution in [0.1, 0.15) is 23.4 Å². The largest absolute Gasteiger partial charge is 0.345 e. The van der Waals surface area contributed by atoms with Crippen LogP contribution in [0.5, 0.6) is 0 Å². The van der Waals surface area contributed by atoms with Gasteiger partial charge < -0.3 is 9.80 Å². The van der Waals surface area contributed by atoms with Crippen molar-refractivity contribution in [3.63, 3.8) is 0 Å². The summed E-state index contributed by atoms with van der Waals surface area (Å²) in [6, 6.07) is 8.22. The molecule has 0 bridgehead atoms. The normalized spacial score (nSPS) is 16.6. The van der Waals surface area contributed by atoms with Gasteiger partial charge in [0.25, 0.3) is 0 Å². The Labute approximate surface area is 153 Å². The summed E-state index contributed by atoms with van der Waals surface area (Å²) < 4.78 is 2.99. The summed E-state index contributed by atoms with van der Waals surface area (Å²) >= 11 is 0. The number of benzene rings is 1. The minimum absolute atomic E-state index is 0.0889. The number of hydrogen-bond donors (Lipinski definition) is 0. The first kappa shape index (κ1) is 18.4. The topological polar surface area (TPSA) is 63.4 Å². The molecule has 2 heterocycles. The predicted molar refractivity (Wildman–Crippen MR) is 99.6 cm³/mol. The highest BCUT2D eigenvalue weighted by Crippen LogP contribution is 2.20. The summed E-state index contributed by atoms with van der Waals surface area (Å²) in [5.74, 6) is 0.696. The summed E-state index contributed by atoms with van der Waals surface area (Å²) in [6.45, 7) is 1.84. The van der Waals surface area contributed by atoms with Crippen molar-refractivity contribution in [3.05, 3.63) is 51.7 Å². The molecule has 0 fully saturated rings. The highest BCUT2D eigenvalue weighted by molar-refractivity contribution is 5.78. The third-order valence-corrected chi connectivity index (χ3v) is 4.94. The fraction of sp³-hybridized carbons (Fsp3) is 0.526. The van der Waals surface area contributed by atoms with Crippen LogP contribution < -0.4 is 5.69 Å². The van der Waals surface area contributed by atoms with Crippen molar-refractivity contribution in [1.82, 2.24) is 24.1 Å². The molecule has 7 heteroatoms. The van der Waals surface area contributed by atoms with E-state index >= 15 is 0 Å². The summed E-state index contributed by atoms with van der Waals surface area (Å²) in [7, 11) is 7.57. The molecule has 26 heavy (non-hydrogen) atoms. The smallest absolute Gasteiger partial charge is 0.341 e. The summed E-state index contributed by atoms with van der Waals surface area (Å²) in [6.07, 6.45) is 1.40. The summed E-state index contributed by atoms with van der Waals surface area (Å²) in [5.41, 5.74) is 2.25. The highest BCUT2D eigenvalue weighted by Gasteiger charge is 2.29. The monoisotopic (exact) mass is 357 g/mol. The Balaban J connectivity index is 1.71. The number of aryl methyl sites for hydroxylation is 2. The molecule has 1 aromatic heterocycles. The second-order valence-electron chi connectivity index (χ2n) is 7.37. The van der Waals surface area contributed by atoms with Crippen molar-refractivity contribution < 1.29 is 4.79 Å². The molecular formula is C19H27N5O2. The molecule has 1 aliphatic rings. The number of rotatable bonds is 5. The Hall–Kier alpha value is -2.41. The van der Waals surface area contributed by atoms with Gasteiger partial charge in [0, 0.05) is 40.2 Å². The minimum Gasteiger partial charge on any atom is -0.341 e. The maximum absolute atomic E-state index is 12.9. The molecule has 0 N–H and O–H groups in total. The van der Waals surface area contributed by atoms with Crippen LogP contribution in [0.25, 0.3) is 0 Å². The standard InChI is InChI=1S/C19H27N5O2/c1-21(2)11-14-7-5-6-8-15(14)12-22(3)18(25)16-9-10-17-20-23(4)19(26)24(17)13-16/h5-8,16H,9-13H2,1-4H3. The average Bonchev–Trinajstić information content (AvgIpc) is 2.89. The lowest BCUT2D eigenvalue weighted by Crippen LogP contribution is -2.39. The van der Waals surface area contributed by atoms with Gasteiger partial charge in [-0.3, -0.25) is 9.36 Å². The Bertz CT molecular complexity index is 852. The molecular weight excluding hydrogens is 330 g/mol. The lowest BCUT2D eigenvalue weighted by molar-refractivity contribution is -0.135. The molecule has 1 atom stereocenters. The molecule has 1 aromatic carbocycles. The van der Waals surface area contributed by atoms with Gasteiger partial charge in [-0.1, -0.05) is 24.3 Å². The third-order valence-electron chi connectivity index (χ3n) is 4.94. The third kappa shape index (κ3) is 3.72. The molecule has 1 amide bonds. The average molecular weight is 357 g/mol. The lowest BCUT2D eigenvalue weighted by Gasteiger charge is -2.27. The Morgan fingerprint density at radius 3 is 2.50 bits per heavy atom. The Kier molecular flexibility index (Phi) is 5.27. The van der Waals surface area contributed by atoms with Crippen molar-refractivity contribution in [1.29, 1.82) is 0 Å². The van der Waals surface area contributed by atoms with Gasteiger partial charge >= 0.3 is 5.69 Å². The maximum atomic E-state index is 12.9. The molecule has 7 nitrogen and oxygen atoms in total. The van der Waals surface area contributed by atoms with Crippen LogP contribution in [0.15, 0.2) is 29.1 Å². The van der Waals surface area contributed by atoms with Crippen LogP contribution in [-0.4, -0.2) is 51.2 Å². The van der Waals surface area contributed by atoms with E-state index in [1.165, 1.54) is 10.2 Å². The number of hydrogen-bond acceptors (Lipinski definition) is 4. The van der Waals surface area contributed by atoms with Crippen molar-refractivity contribution >= 4 is 5.91 Å². The van der Waals surface area contributed by atoms with Gasteiger partial charge in [0.1, 0.15) is 5.82 Å².